The second-order valence-corrected chi connectivity index (χ2v) is 23.5. The van der Waals surface area contributed by atoms with Crippen LogP contribution in [-0.4, -0.2) is 141 Å². The molecule has 0 bridgehead atoms. The van der Waals surface area contributed by atoms with E-state index >= 15 is 4.39 Å². The van der Waals surface area contributed by atoms with Gasteiger partial charge >= 0.3 is 12.1 Å². The number of nitrogens with zero attached hydrogens (tertiary/aromatic N) is 2. The highest BCUT2D eigenvalue weighted by Crippen LogP contribution is 2.47. The van der Waals surface area contributed by atoms with Gasteiger partial charge in [0.25, 0.3) is 5.56 Å². The molecular formula is C63H72FN9O16. The van der Waals surface area contributed by atoms with Crippen LogP contribution in [0, 0.1) is 18.7 Å². The van der Waals surface area contributed by atoms with Gasteiger partial charge in [-0.05, 0) is 90.5 Å². The van der Waals surface area contributed by atoms with Crippen molar-refractivity contribution >= 4 is 58.4 Å². The van der Waals surface area contributed by atoms with E-state index in [-0.39, 0.29) is 88.8 Å². The van der Waals surface area contributed by atoms with Gasteiger partial charge in [-0.3, -0.25) is 33.6 Å². The fourth-order valence-electron chi connectivity index (χ4n) is 12.6. The third kappa shape index (κ3) is 12.7. The molecule has 89 heavy (non-hydrogen) atoms. The molecule has 2 aromatic heterocycles. The number of alkyl carbamates (subject to hydrolysis) is 1. The quantitative estimate of drug-likeness (QED) is 0.0249. The van der Waals surface area contributed by atoms with Crippen LogP contribution in [0.5, 0.6) is 0 Å². The molecule has 0 spiro atoms. The average Bonchev–Trinajstić information content (AvgIpc) is 1.64. The molecule has 10 rings (SSSR count). The lowest BCUT2D eigenvalue weighted by molar-refractivity contribution is -0.172. The van der Waals surface area contributed by atoms with Crippen molar-refractivity contribution in [1.82, 2.24) is 41.5 Å². The second kappa shape index (κ2) is 26.2. The van der Waals surface area contributed by atoms with Crippen molar-refractivity contribution in [1.29, 1.82) is 0 Å². The standard InChI is InChI=1S/C63H72FN9O16/c1-6-63(85)40-21-45-54-37(25-73(45)60(82)39(40)27-87-61(63)83)52-42(16-15-32-30(4)41(64)22-44(70-54)51(32)52)69-50(76)19-20-86-28-67-57(79)31(5)68-59(81)53(29(2)3)72-58(80)43(17-18-49(75)66-24-47-56(78)55(77)46(89-47)23-48(65)74)71-62(84)88-26-38-35-13-9-7-11-33(35)34-12-8-10-14-36(34)38/h7-14,21-22,29,31,38,42-43,46-47,53,55-56,77-78,85H,6,15-20,23-28H2,1-5H3,(H2,65,74)(H,66,75)(H,67,79)(H,68,81)(H,69,76)(H,71,84)(H,72,80)/t31-,42-,43-,46-,47+,53-,55-,56+,63-/m0/s1. The highest BCUT2D eigenvalue weighted by atomic mass is 19.1. The number of fused-ring (bicyclic) bond motifs is 8. The minimum Gasteiger partial charge on any atom is -0.458 e. The van der Waals surface area contributed by atoms with Crippen molar-refractivity contribution in [2.24, 2.45) is 11.7 Å². The van der Waals surface area contributed by atoms with Gasteiger partial charge in [0.2, 0.25) is 35.4 Å². The first-order valence-electron chi connectivity index (χ1n) is 29.7. The van der Waals surface area contributed by atoms with E-state index in [1.807, 2.05) is 48.5 Å². The van der Waals surface area contributed by atoms with Gasteiger partial charge in [-0.25, -0.2) is 19.0 Å². The summed E-state index contributed by atoms with van der Waals surface area (Å²) in [6.45, 7) is 6.82. The summed E-state index contributed by atoms with van der Waals surface area (Å²) in [5, 5.41) is 48.9. The molecule has 5 heterocycles. The van der Waals surface area contributed by atoms with Gasteiger partial charge < -0.3 is 76.5 Å². The Kier molecular flexibility index (Phi) is 18.6. The number of primary amides is 1. The van der Waals surface area contributed by atoms with Crippen molar-refractivity contribution in [3.8, 4) is 22.5 Å². The molecule has 9 atom stereocenters. The molecule has 5 aliphatic rings. The van der Waals surface area contributed by atoms with Crippen LogP contribution in [0.1, 0.15) is 123 Å². The number of carbonyl (C=O) groups is 8. The van der Waals surface area contributed by atoms with E-state index in [0.29, 0.717) is 51.8 Å². The summed E-state index contributed by atoms with van der Waals surface area (Å²) >= 11 is 0. The van der Waals surface area contributed by atoms with Gasteiger partial charge in [0.05, 0.1) is 60.6 Å². The third-order valence-corrected chi connectivity index (χ3v) is 17.5. The number of hydrogen-bond donors (Lipinski definition) is 10. The van der Waals surface area contributed by atoms with Gasteiger partial charge in [-0.15, -0.1) is 0 Å². The molecule has 0 unspecified atom stereocenters. The Morgan fingerprint density at radius 2 is 1.56 bits per heavy atom. The summed E-state index contributed by atoms with van der Waals surface area (Å²) < 4.78 is 39.1. The summed E-state index contributed by atoms with van der Waals surface area (Å²) in [5.74, 6) is -6.34. The number of carbonyl (C=O) groups excluding carboxylic acids is 8. The molecule has 26 heteroatoms. The first-order valence-corrected chi connectivity index (χ1v) is 29.7. The fourth-order valence-corrected chi connectivity index (χ4v) is 12.6. The number of aliphatic hydroxyl groups excluding tert-OH is 2. The van der Waals surface area contributed by atoms with Crippen LogP contribution in [0.3, 0.4) is 0 Å². The van der Waals surface area contributed by atoms with Gasteiger partial charge in [0, 0.05) is 41.5 Å². The zero-order chi connectivity index (χ0) is 63.7. The number of halogens is 1. The number of amides is 7. The van der Waals surface area contributed by atoms with Crippen LogP contribution in [0.4, 0.5) is 9.18 Å². The van der Waals surface area contributed by atoms with E-state index in [9.17, 15) is 58.5 Å². The zero-order valence-electron chi connectivity index (χ0n) is 49.7. The maximum Gasteiger partial charge on any atom is 0.407 e. The highest BCUT2D eigenvalue weighted by molar-refractivity contribution is 5.96. The number of aromatic nitrogens is 2. The number of aliphatic hydroxyl groups is 3. The van der Waals surface area contributed by atoms with Crippen molar-refractivity contribution in [3.63, 3.8) is 0 Å². The lowest BCUT2D eigenvalue weighted by Crippen LogP contribution is -2.58. The number of benzene rings is 3. The first kappa shape index (κ1) is 63.3. The lowest BCUT2D eigenvalue weighted by atomic mass is 9.81. The molecular weight excluding hydrogens is 1160 g/mol. The van der Waals surface area contributed by atoms with Crippen LogP contribution >= 0.6 is 0 Å². The van der Waals surface area contributed by atoms with Crippen LogP contribution < -0.4 is 43.2 Å². The Morgan fingerprint density at radius 3 is 2.25 bits per heavy atom. The third-order valence-electron chi connectivity index (χ3n) is 17.5. The van der Waals surface area contributed by atoms with Crippen molar-refractivity contribution in [3.05, 3.63) is 121 Å². The van der Waals surface area contributed by atoms with Crippen molar-refractivity contribution < 1.29 is 77.0 Å². The van der Waals surface area contributed by atoms with E-state index in [1.54, 1.807) is 33.8 Å². The molecule has 2 aliphatic carbocycles. The number of ether oxygens (including phenoxy) is 4. The van der Waals surface area contributed by atoms with Gasteiger partial charge in [0.1, 0.15) is 62.2 Å². The number of pyridine rings is 2. The Bertz CT molecular complexity index is 3700. The first-order chi connectivity index (χ1) is 42.5. The number of esters is 1. The second-order valence-electron chi connectivity index (χ2n) is 23.5. The predicted molar refractivity (Wildman–Crippen MR) is 315 cm³/mol. The highest BCUT2D eigenvalue weighted by Gasteiger charge is 2.47. The largest absolute Gasteiger partial charge is 0.458 e. The van der Waals surface area contributed by atoms with E-state index in [0.717, 1.165) is 27.8 Å². The molecule has 3 aliphatic heterocycles. The van der Waals surface area contributed by atoms with Crippen molar-refractivity contribution in [2.75, 3.05) is 26.5 Å². The summed E-state index contributed by atoms with van der Waals surface area (Å²) in [6.07, 6.45) is -6.50. The van der Waals surface area contributed by atoms with Crippen LogP contribution in [0.2, 0.25) is 0 Å². The maximum absolute atomic E-state index is 15.5. The van der Waals surface area contributed by atoms with Gasteiger partial charge in [-0.2, -0.15) is 0 Å². The Balaban J connectivity index is 0.735. The summed E-state index contributed by atoms with van der Waals surface area (Å²) in [6, 6.07) is 13.8. The monoisotopic (exact) mass is 1230 g/mol. The Hall–Kier alpha value is -8.69. The number of rotatable bonds is 23. The van der Waals surface area contributed by atoms with Crippen LogP contribution in [0.25, 0.3) is 33.4 Å². The molecule has 5 aromatic rings. The van der Waals surface area contributed by atoms with Crippen LogP contribution in [-0.2, 0) is 77.7 Å². The molecule has 3 aromatic carbocycles. The zero-order valence-corrected chi connectivity index (χ0v) is 49.7. The molecule has 11 N–H and O–H groups in total. The molecule has 1 saturated heterocycles. The predicted octanol–water partition coefficient (Wildman–Crippen LogP) is 1.92. The lowest BCUT2D eigenvalue weighted by Gasteiger charge is -2.31. The number of cyclic esters (lactones) is 1. The van der Waals surface area contributed by atoms with E-state index < -0.39 is 119 Å². The maximum atomic E-state index is 15.5. The Morgan fingerprint density at radius 1 is 0.865 bits per heavy atom. The van der Waals surface area contributed by atoms with Gasteiger partial charge in [0.15, 0.2) is 5.60 Å². The smallest absolute Gasteiger partial charge is 0.407 e. The Labute approximate surface area is 510 Å². The number of nitrogens with two attached hydrogens (primary N) is 1. The van der Waals surface area contributed by atoms with Gasteiger partial charge in [-0.1, -0.05) is 69.3 Å². The number of aryl methyl sites for hydroxylation is 1. The molecule has 0 radical (unpaired) electrons. The van der Waals surface area contributed by atoms with E-state index in [2.05, 4.69) is 31.9 Å². The minimum atomic E-state index is -2.06. The average molecular weight is 1230 g/mol. The molecule has 7 amide bonds. The topological polar surface area (TPSA) is 367 Å². The van der Waals surface area contributed by atoms with Crippen molar-refractivity contribution in [2.45, 2.75) is 153 Å². The summed E-state index contributed by atoms with van der Waals surface area (Å²) in [7, 11) is 0. The molecule has 0 saturated carbocycles. The summed E-state index contributed by atoms with van der Waals surface area (Å²) in [4.78, 5) is 125. The normalized spacial score (nSPS) is 21.2. The number of hydrogen-bond acceptors (Lipinski definition) is 17. The molecule has 1 fully saturated rings. The van der Waals surface area contributed by atoms with Crippen LogP contribution in [0.15, 0.2) is 65.5 Å². The van der Waals surface area contributed by atoms with E-state index in [1.165, 1.54) is 17.6 Å². The molecule has 25 nitrogen and oxygen atoms in total. The number of nitrogens with one attached hydrogen (secondary N) is 6. The minimum absolute atomic E-state index is 0.0541. The molecule has 472 valence electrons. The fraction of sp³-hybridized carbons (Fsp3) is 0.460. The SMILES string of the molecule is CC[C@@]1(O)C(=O)OCc2c1cc1n(c2=O)Cc2c-1nc1cc(F)c(C)c3c1c2[C@@H](NC(=O)CCOCNC(=O)[C@H](C)NC(=O)[C@@H](NC(=O)[C@H](CCC(=O)NC[C@H]1O[C@@H](CC(N)=O)[C@H](O)[C@@H]1O)NC(=O)OCC1c2ccccc2-c2ccccc21)C(C)C)CC3. The summed E-state index contributed by atoms with van der Waals surface area (Å²) in [5.41, 5.74) is 10.3. The van der Waals surface area contributed by atoms with E-state index in [4.69, 9.17) is 29.7 Å².